The normalized spacial score (nSPS) is 10.8. The van der Waals surface area contributed by atoms with Gasteiger partial charge in [0.2, 0.25) is 5.78 Å². The highest BCUT2D eigenvalue weighted by molar-refractivity contribution is 6.30. The van der Waals surface area contributed by atoms with E-state index in [1.807, 2.05) is 54.6 Å². The number of aromatic nitrogens is 3. The number of aromatic amines is 1. The molecule has 0 atom stereocenters. The molecule has 5 nitrogen and oxygen atoms in total. The maximum absolute atomic E-state index is 13.0. The number of carbonyl (C=O) groups excluding carboxylic acids is 1. The highest BCUT2D eigenvalue weighted by Crippen LogP contribution is 2.24. The minimum absolute atomic E-state index is 0.141. The van der Waals surface area contributed by atoms with Crippen LogP contribution in [-0.4, -0.2) is 20.7 Å². The van der Waals surface area contributed by atoms with Crippen molar-refractivity contribution >= 4 is 17.4 Å². The summed E-state index contributed by atoms with van der Waals surface area (Å²) in [7, 11) is 0. The molecule has 4 rings (SSSR count). The van der Waals surface area contributed by atoms with E-state index in [-0.39, 0.29) is 12.4 Å². The summed E-state index contributed by atoms with van der Waals surface area (Å²) in [6.45, 7) is 0.674. The maximum Gasteiger partial charge on any atom is 0.213 e. The molecule has 6 heteroatoms. The van der Waals surface area contributed by atoms with E-state index in [1.54, 1.807) is 24.5 Å². The number of hydrogen-bond acceptors (Lipinski definition) is 4. The Kier molecular flexibility index (Phi) is 5.79. The Hall–Kier alpha value is -3.28. The van der Waals surface area contributed by atoms with Crippen LogP contribution in [0.25, 0.3) is 11.3 Å². The van der Waals surface area contributed by atoms with Gasteiger partial charge in [0.1, 0.15) is 18.1 Å². The Morgan fingerprint density at radius 1 is 0.931 bits per heavy atom. The summed E-state index contributed by atoms with van der Waals surface area (Å²) in [5, 5.41) is 0.686. The maximum atomic E-state index is 13.0. The highest BCUT2D eigenvalue weighted by Gasteiger charge is 2.20. The van der Waals surface area contributed by atoms with Crippen molar-refractivity contribution in [3.05, 3.63) is 107 Å². The standard InChI is InChI=1S/C23H18ClN3O2/c24-19-8-6-16(7-9-19)14-29-15-20-26-21(17-10-12-25-13-11-17)22(27-20)23(28)18-4-2-1-3-5-18/h1-13H,14-15H2,(H,26,27). The molecule has 2 aromatic heterocycles. The molecule has 0 radical (unpaired) electrons. The number of nitrogens with one attached hydrogen (secondary N) is 1. The molecule has 0 aliphatic carbocycles. The lowest BCUT2D eigenvalue weighted by molar-refractivity contribution is 0.101. The highest BCUT2D eigenvalue weighted by atomic mass is 35.5. The second-order valence-electron chi connectivity index (χ2n) is 6.46. The number of nitrogens with zero attached hydrogens (tertiary/aromatic N) is 2. The summed E-state index contributed by atoms with van der Waals surface area (Å²) in [4.78, 5) is 24.9. The van der Waals surface area contributed by atoms with Crippen LogP contribution in [0.15, 0.2) is 79.1 Å². The van der Waals surface area contributed by atoms with Gasteiger partial charge in [-0.15, -0.1) is 0 Å². The molecule has 0 bridgehead atoms. The predicted molar refractivity (Wildman–Crippen MR) is 112 cm³/mol. The molecule has 0 aliphatic heterocycles. The molecule has 0 saturated carbocycles. The molecular formula is C23H18ClN3O2. The largest absolute Gasteiger partial charge is 0.369 e. The van der Waals surface area contributed by atoms with Gasteiger partial charge in [0.25, 0.3) is 0 Å². The summed E-state index contributed by atoms with van der Waals surface area (Å²) in [6.07, 6.45) is 3.37. The van der Waals surface area contributed by atoms with Gasteiger partial charge in [-0.1, -0.05) is 54.1 Å². The molecule has 0 saturated heterocycles. The van der Waals surface area contributed by atoms with Crippen LogP contribution in [-0.2, 0) is 18.0 Å². The second kappa shape index (κ2) is 8.82. The molecule has 4 aromatic rings. The van der Waals surface area contributed by atoms with Gasteiger partial charge < -0.3 is 9.72 Å². The topological polar surface area (TPSA) is 67.9 Å². The summed E-state index contributed by atoms with van der Waals surface area (Å²) >= 11 is 5.91. The quantitative estimate of drug-likeness (QED) is 0.437. The monoisotopic (exact) mass is 403 g/mol. The molecule has 1 N–H and O–H groups in total. The van der Waals surface area contributed by atoms with E-state index in [0.717, 1.165) is 11.1 Å². The number of rotatable bonds is 7. The van der Waals surface area contributed by atoms with Crippen molar-refractivity contribution in [3.63, 3.8) is 0 Å². The summed E-state index contributed by atoms with van der Waals surface area (Å²) in [5.41, 5.74) is 3.47. The first kappa shape index (κ1) is 19.1. The zero-order valence-corrected chi connectivity index (χ0v) is 16.3. The number of ketones is 1. The first-order valence-corrected chi connectivity index (χ1v) is 9.50. The molecule has 0 amide bonds. The van der Waals surface area contributed by atoms with E-state index in [9.17, 15) is 4.79 Å². The minimum atomic E-state index is -0.141. The van der Waals surface area contributed by atoms with Crippen LogP contribution in [0, 0.1) is 0 Å². The van der Waals surface area contributed by atoms with Crippen LogP contribution < -0.4 is 0 Å². The average molecular weight is 404 g/mol. The fourth-order valence-corrected chi connectivity index (χ4v) is 3.08. The Bertz CT molecular complexity index is 1090. The lowest BCUT2D eigenvalue weighted by Gasteiger charge is -2.02. The number of pyridine rings is 1. The number of imidazole rings is 1. The van der Waals surface area contributed by atoms with Crippen LogP contribution >= 0.6 is 11.6 Å². The molecule has 0 unspecified atom stereocenters. The SMILES string of the molecule is O=C(c1ccccc1)c1nc(COCc2ccc(Cl)cc2)[nH]c1-c1ccncc1. The van der Waals surface area contributed by atoms with Gasteiger partial charge >= 0.3 is 0 Å². The van der Waals surface area contributed by atoms with E-state index in [0.29, 0.717) is 34.4 Å². The van der Waals surface area contributed by atoms with Crippen LogP contribution in [0.2, 0.25) is 5.02 Å². The Morgan fingerprint density at radius 3 is 2.38 bits per heavy atom. The fourth-order valence-electron chi connectivity index (χ4n) is 2.95. The van der Waals surface area contributed by atoms with Gasteiger partial charge in [0, 0.05) is 28.5 Å². The summed E-state index contributed by atoms with van der Waals surface area (Å²) in [6, 6.07) is 20.3. The smallest absolute Gasteiger partial charge is 0.213 e. The molecule has 0 spiro atoms. The molecule has 0 fully saturated rings. The first-order chi connectivity index (χ1) is 14.2. The third-order valence-electron chi connectivity index (χ3n) is 4.39. The molecule has 2 aromatic carbocycles. The minimum Gasteiger partial charge on any atom is -0.369 e. The number of hydrogen-bond donors (Lipinski definition) is 1. The van der Waals surface area contributed by atoms with E-state index < -0.39 is 0 Å². The van der Waals surface area contributed by atoms with Gasteiger partial charge in [-0.2, -0.15) is 0 Å². The van der Waals surface area contributed by atoms with Crippen LogP contribution in [0.4, 0.5) is 0 Å². The van der Waals surface area contributed by atoms with Crippen LogP contribution in [0.1, 0.15) is 27.4 Å². The van der Waals surface area contributed by atoms with Gasteiger partial charge in [0.15, 0.2) is 0 Å². The first-order valence-electron chi connectivity index (χ1n) is 9.12. The number of ether oxygens (including phenoxy) is 1. The average Bonchev–Trinajstić information content (AvgIpc) is 3.20. The van der Waals surface area contributed by atoms with E-state index in [4.69, 9.17) is 16.3 Å². The molecule has 0 aliphatic rings. The number of carbonyl (C=O) groups is 1. The Balaban J connectivity index is 1.57. The van der Waals surface area contributed by atoms with E-state index in [2.05, 4.69) is 15.0 Å². The zero-order valence-electron chi connectivity index (χ0n) is 15.5. The number of halogens is 1. The van der Waals surface area contributed by atoms with Crippen LogP contribution in [0.3, 0.4) is 0 Å². The molecule has 144 valence electrons. The number of benzene rings is 2. The van der Waals surface area contributed by atoms with Crippen molar-refractivity contribution in [2.75, 3.05) is 0 Å². The van der Waals surface area contributed by atoms with Gasteiger partial charge in [-0.3, -0.25) is 9.78 Å². The van der Waals surface area contributed by atoms with Gasteiger partial charge in [-0.05, 0) is 29.8 Å². The third kappa shape index (κ3) is 4.59. The van der Waals surface area contributed by atoms with Crippen molar-refractivity contribution in [1.82, 2.24) is 15.0 Å². The van der Waals surface area contributed by atoms with Crippen LogP contribution in [0.5, 0.6) is 0 Å². The molecule has 2 heterocycles. The second-order valence-corrected chi connectivity index (χ2v) is 6.89. The van der Waals surface area contributed by atoms with Crippen molar-refractivity contribution in [1.29, 1.82) is 0 Å². The van der Waals surface area contributed by atoms with Gasteiger partial charge in [0.05, 0.1) is 12.3 Å². The molecular weight excluding hydrogens is 386 g/mol. The summed E-state index contributed by atoms with van der Waals surface area (Å²) < 4.78 is 5.77. The number of H-pyrrole nitrogens is 1. The lowest BCUT2D eigenvalue weighted by atomic mass is 10.0. The third-order valence-corrected chi connectivity index (χ3v) is 4.65. The van der Waals surface area contributed by atoms with E-state index >= 15 is 0 Å². The lowest BCUT2D eigenvalue weighted by Crippen LogP contribution is -2.04. The fraction of sp³-hybridized carbons (Fsp3) is 0.0870. The Labute approximate surface area is 173 Å². The van der Waals surface area contributed by atoms with Crippen molar-refractivity contribution < 1.29 is 9.53 Å². The van der Waals surface area contributed by atoms with Gasteiger partial charge in [-0.25, -0.2) is 4.98 Å². The van der Waals surface area contributed by atoms with E-state index in [1.165, 1.54) is 0 Å². The van der Waals surface area contributed by atoms with Crippen molar-refractivity contribution in [2.45, 2.75) is 13.2 Å². The summed E-state index contributed by atoms with van der Waals surface area (Å²) in [5.74, 6) is 0.447. The molecule has 29 heavy (non-hydrogen) atoms. The predicted octanol–water partition coefficient (Wildman–Crippen LogP) is 5.07. The van der Waals surface area contributed by atoms with Crippen molar-refractivity contribution in [2.24, 2.45) is 0 Å². The van der Waals surface area contributed by atoms with Crippen molar-refractivity contribution in [3.8, 4) is 11.3 Å². The zero-order chi connectivity index (χ0) is 20.1. The Morgan fingerprint density at radius 2 is 1.66 bits per heavy atom.